The average molecular weight is 291 g/mol. The molecule has 0 aromatic heterocycles. The second-order valence-electron chi connectivity index (χ2n) is 4.60. The molecule has 0 aliphatic carbocycles. The third kappa shape index (κ3) is 3.11. The summed E-state index contributed by atoms with van der Waals surface area (Å²) in [4.78, 5) is 10.8. The highest BCUT2D eigenvalue weighted by Gasteiger charge is 2.08. The Balaban J connectivity index is 2.15. The molecule has 4 heteroatoms. The zero-order valence-corrected chi connectivity index (χ0v) is 12.1. The van der Waals surface area contributed by atoms with Crippen LogP contribution in [-0.2, 0) is 6.61 Å². The van der Waals surface area contributed by atoms with Crippen LogP contribution in [0.15, 0.2) is 36.4 Å². The number of carboxylic acid groups (broad SMARTS) is 1. The van der Waals surface area contributed by atoms with E-state index in [-0.39, 0.29) is 5.56 Å². The average Bonchev–Trinajstić information content (AvgIpc) is 2.41. The molecule has 104 valence electrons. The van der Waals surface area contributed by atoms with E-state index < -0.39 is 5.97 Å². The molecular formula is C16H15ClO3. The maximum atomic E-state index is 10.8. The van der Waals surface area contributed by atoms with Gasteiger partial charge in [0.25, 0.3) is 0 Å². The number of carbonyl (C=O) groups is 1. The summed E-state index contributed by atoms with van der Waals surface area (Å²) in [5.74, 6) is -0.183. The highest BCUT2D eigenvalue weighted by Crippen LogP contribution is 2.24. The van der Waals surface area contributed by atoms with Crippen molar-refractivity contribution in [2.75, 3.05) is 0 Å². The fraction of sp³-hybridized carbons (Fsp3) is 0.188. The summed E-state index contributed by atoms with van der Waals surface area (Å²) >= 11 is 6.07. The molecule has 0 unspecified atom stereocenters. The number of aryl methyl sites for hydroxylation is 1. The highest BCUT2D eigenvalue weighted by molar-refractivity contribution is 6.31. The molecule has 0 heterocycles. The van der Waals surface area contributed by atoms with Gasteiger partial charge in [-0.05, 0) is 43.2 Å². The van der Waals surface area contributed by atoms with Crippen molar-refractivity contribution in [1.82, 2.24) is 0 Å². The van der Waals surface area contributed by atoms with Crippen LogP contribution < -0.4 is 4.74 Å². The fourth-order valence-corrected chi connectivity index (χ4v) is 2.07. The molecule has 0 aliphatic heterocycles. The molecule has 0 fully saturated rings. The molecule has 1 N–H and O–H groups in total. The number of ether oxygens (including phenoxy) is 1. The monoisotopic (exact) mass is 290 g/mol. The fourth-order valence-electron chi connectivity index (χ4n) is 1.83. The lowest BCUT2D eigenvalue weighted by Gasteiger charge is -2.12. The van der Waals surface area contributed by atoms with Gasteiger partial charge in [0.15, 0.2) is 0 Å². The molecule has 0 saturated heterocycles. The van der Waals surface area contributed by atoms with Crippen molar-refractivity contribution in [2.24, 2.45) is 0 Å². The van der Waals surface area contributed by atoms with Gasteiger partial charge in [-0.15, -0.1) is 0 Å². The Hall–Kier alpha value is -2.00. The number of rotatable bonds is 4. The summed E-state index contributed by atoms with van der Waals surface area (Å²) in [6.07, 6.45) is 0. The Kier molecular flexibility index (Phi) is 4.30. The van der Waals surface area contributed by atoms with Gasteiger partial charge in [0.2, 0.25) is 0 Å². The number of benzene rings is 2. The van der Waals surface area contributed by atoms with Gasteiger partial charge in [0.1, 0.15) is 12.4 Å². The maximum absolute atomic E-state index is 10.8. The first-order valence-electron chi connectivity index (χ1n) is 6.20. The van der Waals surface area contributed by atoms with E-state index in [2.05, 4.69) is 0 Å². The molecular weight excluding hydrogens is 276 g/mol. The summed E-state index contributed by atoms with van der Waals surface area (Å²) < 4.78 is 5.75. The number of carboxylic acids is 1. The predicted octanol–water partition coefficient (Wildman–Crippen LogP) is 4.23. The second-order valence-corrected chi connectivity index (χ2v) is 5.01. The molecule has 2 aromatic carbocycles. The molecule has 0 bridgehead atoms. The Morgan fingerprint density at radius 2 is 2.00 bits per heavy atom. The van der Waals surface area contributed by atoms with E-state index in [1.807, 2.05) is 32.0 Å². The molecule has 0 atom stereocenters. The Labute approximate surface area is 122 Å². The highest BCUT2D eigenvalue weighted by atomic mass is 35.5. The standard InChI is InChI=1S/C16H15ClO3/c1-10-4-3-5-15(11(10)2)20-9-13-7-6-12(16(18)19)8-14(13)17/h3-8H,9H2,1-2H3,(H,18,19). The van der Waals surface area contributed by atoms with E-state index in [1.165, 1.54) is 12.1 Å². The van der Waals surface area contributed by atoms with Crippen LogP contribution in [-0.4, -0.2) is 11.1 Å². The molecule has 0 radical (unpaired) electrons. The zero-order chi connectivity index (χ0) is 14.7. The van der Waals surface area contributed by atoms with Crippen LogP contribution in [0.3, 0.4) is 0 Å². The van der Waals surface area contributed by atoms with Gasteiger partial charge >= 0.3 is 5.97 Å². The van der Waals surface area contributed by atoms with E-state index in [0.717, 1.165) is 22.4 Å². The minimum Gasteiger partial charge on any atom is -0.489 e. The van der Waals surface area contributed by atoms with Crippen molar-refractivity contribution in [1.29, 1.82) is 0 Å². The van der Waals surface area contributed by atoms with Crippen LogP contribution >= 0.6 is 11.6 Å². The topological polar surface area (TPSA) is 46.5 Å². The molecule has 3 nitrogen and oxygen atoms in total. The summed E-state index contributed by atoms with van der Waals surface area (Å²) in [5, 5.41) is 9.28. The summed E-state index contributed by atoms with van der Waals surface area (Å²) in [7, 11) is 0. The molecule has 0 aliphatic rings. The van der Waals surface area contributed by atoms with Crippen molar-refractivity contribution < 1.29 is 14.6 Å². The van der Waals surface area contributed by atoms with Crippen LogP contribution in [0.2, 0.25) is 5.02 Å². The molecule has 20 heavy (non-hydrogen) atoms. The number of hydrogen-bond donors (Lipinski definition) is 1. The van der Waals surface area contributed by atoms with E-state index in [9.17, 15) is 4.79 Å². The van der Waals surface area contributed by atoms with E-state index in [1.54, 1.807) is 6.07 Å². The van der Waals surface area contributed by atoms with Crippen LogP contribution in [0.5, 0.6) is 5.75 Å². The Morgan fingerprint density at radius 1 is 1.25 bits per heavy atom. The minimum atomic E-state index is -0.992. The Bertz CT molecular complexity index is 650. The van der Waals surface area contributed by atoms with Gasteiger partial charge in [0.05, 0.1) is 5.56 Å². The van der Waals surface area contributed by atoms with Gasteiger partial charge in [-0.2, -0.15) is 0 Å². The summed E-state index contributed by atoms with van der Waals surface area (Å²) in [5.41, 5.74) is 3.18. The third-order valence-electron chi connectivity index (χ3n) is 3.24. The first kappa shape index (κ1) is 14.4. The molecule has 0 spiro atoms. The van der Waals surface area contributed by atoms with Crippen molar-refractivity contribution in [3.05, 3.63) is 63.7 Å². The first-order chi connectivity index (χ1) is 9.49. The lowest BCUT2D eigenvalue weighted by Crippen LogP contribution is -2.01. The Morgan fingerprint density at radius 3 is 2.65 bits per heavy atom. The number of halogens is 1. The lowest BCUT2D eigenvalue weighted by molar-refractivity contribution is 0.0697. The molecule has 0 saturated carbocycles. The van der Waals surface area contributed by atoms with E-state index >= 15 is 0 Å². The van der Waals surface area contributed by atoms with Gasteiger partial charge in [-0.1, -0.05) is 29.8 Å². The third-order valence-corrected chi connectivity index (χ3v) is 3.59. The molecule has 2 aromatic rings. The van der Waals surface area contributed by atoms with Gasteiger partial charge < -0.3 is 9.84 Å². The molecule has 2 rings (SSSR count). The minimum absolute atomic E-state index is 0.172. The van der Waals surface area contributed by atoms with Crippen molar-refractivity contribution in [3.63, 3.8) is 0 Å². The largest absolute Gasteiger partial charge is 0.489 e. The normalized spacial score (nSPS) is 10.3. The van der Waals surface area contributed by atoms with E-state index in [4.69, 9.17) is 21.4 Å². The van der Waals surface area contributed by atoms with Crippen LogP contribution in [0.1, 0.15) is 27.0 Å². The van der Waals surface area contributed by atoms with Crippen molar-refractivity contribution >= 4 is 17.6 Å². The van der Waals surface area contributed by atoms with Gasteiger partial charge in [-0.3, -0.25) is 0 Å². The van der Waals surface area contributed by atoms with Crippen LogP contribution in [0.25, 0.3) is 0 Å². The maximum Gasteiger partial charge on any atom is 0.335 e. The number of aromatic carboxylic acids is 1. The lowest BCUT2D eigenvalue weighted by atomic mass is 10.1. The zero-order valence-electron chi connectivity index (χ0n) is 11.3. The first-order valence-corrected chi connectivity index (χ1v) is 6.57. The van der Waals surface area contributed by atoms with Crippen molar-refractivity contribution in [2.45, 2.75) is 20.5 Å². The summed E-state index contributed by atoms with van der Waals surface area (Å²) in [6, 6.07) is 10.5. The van der Waals surface area contributed by atoms with Crippen molar-refractivity contribution in [3.8, 4) is 5.75 Å². The number of hydrogen-bond acceptors (Lipinski definition) is 2. The van der Waals surface area contributed by atoms with Gasteiger partial charge in [-0.25, -0.2) is 4.79 Å². The molecule has 0 amide bonds. The van der Waals surface area contributed by atoms with Gasteiger partial charge in [0, 0.05) is 10.6 Å². The predicted molar refractivity (Wildman–Crippen MR) is 78.7 cm³/mol. The SMILES string of the molecule is Cc1cccc(OCc2ccc(C(=O)O)cc2Cl)c1C. The smallest absolute Gasteiger partial charge is 0.335 e. The second kappa shape index (κ2) is 5.97. The quantitative estimate of drug-likeness (QED) is 0.916. The van der Waals surface area contributed by atoms with E-state index in [0.29, 0.717) is 11.6 Å². The van der Waals surface area contributed by atoms with Crippen LogP contribution in [0, 0.1) is 13.8 Å². The van der Waals surface area contributed by atoms with Crippen LogP contribution in [0.4, 0.5) is 0 Å². The summed E-state index contributed by atoms with van der Waals surface area (Å²) in [6.45, 7) is 4.33.